The Morgan fingerprint density at radius 1 is 0.577 bits per heavy atom. The van der Waals surface area contributed by atoms with Crippen molar-refractivity contribution in [2.45, 2.75) is 89.4 Å². The third kappa shape index (κ3) is 14.3. The van der Waals surface area contributed by atoms with Gasteiger partial charge in [-0.25, -0.2) is 19.6 Å². The summed E-state index contributed by atoms with van der Waals surface area (Å²) in [6.45, 7) is 5.46. The fourth-order valence-corrected chi connectivity index (χ4v) is 10.7. The summed E-state index contributed by atoms with van der Waals surface area (Å²) in [5.41, 5.74) is 8.34. The van der Waals surface area contributed by atoms with Crippen molar-refractivity contribution >= 4 is 57.2 Å². The molecule has 4 aromatic heterocycles. The number of amides is 2. The van der Waals surface area contributed by atoms with Gasteiger partial charge in [0.1, 0.15) is 49.5 Å². The lowest BCUT2D eigenvalue weighted by Gasteiger charge is -2.35. The van der Waals surface area contributed by atoms with Gasteiger partial charge in [-0.15, -0.1) is 0 Å². The molecular formula is C59H69Cl2N9O8. The average molecular weight is 1100 g/mol. The number of halogens is 2. The number of hydrogen-bond donors (Lipinski definition) is 2. The van der Waals surface area contributed by atoms with Crippen LogP contribution < -0.4 is 9.47 Å². The van der Waals surface area contributed by atoms with Gasteiger partial charge in [0.05, 0.1) is 32.8 Å². The molecule has 0 bridgehead atoms. The first kappa shape index (κ1) is 55.7. The minimum Gasteiger partial charge on any atom is -0.494 e. The predicted molar refractivity (Wildman–Crippen MR) is 301 cm³/mol. The third-order valence-electron chi connectivity index (χ3n) is 14.2. The smallest absolute Gasteiger partial charge is 0.410 e. The summed E-state index contributed by atoms with van der Waals surface area (Å²) < 4.78 is 37.1. The Labute approximate surface area is 465 Å². The van der Waals surface area contributed by atoms with Crippen molar-refractivity contribution in [2.24, 2.45) is 0 Å². The summed E-state index contributed by atoms with van der Waals surface area (Å²) in [6, 6.07) is 27.1. The Balaban J connectivity index is 0.000000190. The van der Waals surface area contributed by atoms with Crippen LogP contribution in [0.25, 0.3) is 21.8 Å². The normalized spacial score (nSPS) is 14.9. The first-order valence-electron chi connectivity index (χ1n) is 27.0. The second-order valence-corrected chi connectivity index (χ2v) is 20.3. The molecule has 17 nitrogen and oxygen atoms in total. The zero-order chi connectivity index (χ0) is 54.1. The van der Waals surface area contributed by atoms with Gasteiger partial charge in [0, 0.05) is 96.0 Å². The monoisotopic (exact) mass is 1100 g/mol. The molecule has 10 rings (SSSR count). The van der Waals surface area contributed by atoms with E-state index >= 15 is 0 Å². The van der Waals surface area contributed by atoms with E-state index < -0.39 is 0 Å². The number of H-pyrrole nitrogens is 2. The van der Waals surface area contributed by atoms with E-state index in [0.717, 1.165) is 127 Å². The minimum absolute atomic E-state index is 0.209. The molecule has 4 aromatic carbocycles. The molecule has 6 heterocycles. The lowest BCUT2D eigenvalue weighted by atomic mass is 9.92. The second kappa shape index (κ2) is 28.0. The van der Waals surface area contributed by atoms with Crippen molar-refractivity contribution in [1.29, 1.82) is 0 Å². The molecule has 0 fully saturated rings. The maximum Gasteiger partial charge on any atom is 0.410 e. The number of carbonyl (C=O) groups excluding carboxylic acids is 2. The van der Waals surface area contributed by atoms with E-state index in [9.17, 15) is 9.59 Å². The standard InChI is InChI=1S/C30H35ClN4O4.C29H34ClN5O4/c1-37-18-19-39-30(36)35-15-12-25-26-20-23(31)8-11-27(26)33-28(25)29(35)22-6-9-24(10-7-22)38-17-5-3-2-4-14-34-16-13-32-21-34;1-37-16-17-39-29(36)35-14-12-24-25-18-22(30)8-11-26(25)33-27(24)28(35)21-6-9-23(10-7-21)38-15-5-3-2-4-13-34-20-31-19-32-34/h6-11,13,16,20-21,29,33H,2-5,12,14-15,17-19H2,1H3;6-11,18-20,28,33H,2-5,12-17H2,1H3. The summed E-state index contributed by atoms with van der Waals surface area (Å²) in [6.07, 6.45) is 18.4. The maximum absolute atomic E-state index is 13.1. The molecular weight excluding hydrogens is 1030 g/mol. The highest BCUT2D eigenvalue weighted by molar-refractivity contribution is 6.31. The van der Waals surface area contributed by atoms with E-state index in [-0.39, 0.29) is 37.5 Å². The van der Waals surface area contributed by atoms with Crippen molar-refractivity contribution in [3.05, 3.63) is 160 Å². The van der Waals surface area contributed by atoms with Crippen molar-refractivity contribution in [3.8, 4) is 11.5 Å². The zero-order valence-corrected chi connectivity index (χ0v) is 45.9. The summed E-state index contributed by atoms with van der Waals surface area (Å²) >= 11 is 12.6. The molecule has 412 valence electrons. The number of nitrogens with zero attached hydrogens (tertiary/aromatic N) is 7. The number of aromatic amines is 2. The number of rotatable bonds is 24. The van der Waals surface area contributed by atoms with Gasteiger partial charge in [0.2, 0.25) is 0 Å². The zero-order valence-electron chi connectivity index (χ0n) is 44.4. The Morgan fingerprint density at radius 2 is 1.08 bits per heavy atom. The molecule has 2 aliphatic rings. The van der Waals surface area contributed by atoms with Gasteiger partial charge in [-0.2, -0.15) is 5.10 Å². The Morgan fingerprint density at radius 3 is 1.54 bits per heavy atom. The van der Waals surface area contributed by atoms with E-state index in [2.05, 4.69) is 29.6 Å². The van der Waals surface area contributed by atoms with Crippen molar-refractivity contribution in [2.75, 3.05) is 67.0 Å². The molecule has 19 heteroatoms. The van der Waals surface area contributed by atoms with E-state index in [4.69, 9.17) is 51.6 Å². The number of nitrogens with one attached hydrogen (secondary N) is 2. The molecule has 0 spiro atoms. The Kier molecular flexibility index (Phi) is 20.0. The number of ether oxygens (including phenoxy) is 6. The Bertz CT molecular complexity index is 2920. The van der Waals surface area contributed by atoms with Gasteiger partial charge in [0.15, 0.2) is 0 Å². The van der Waals surface area contributed by atoms with E-state index in [0.29, 0.717) is 56.0 Å². The molecule has 0 saturated carbocycles. The maximum atomic E-state index is 13.1. The number of imidazole rings is 1. The number of aryl methyl sites for hydroxylation is 2. The SMILES string of the molecule is COCCOC(=O)N1CCc2c([nH]c3ccc(Cl)cc23)C1c1ccc(OCCCCCCn2ccnc2)cc1.COCCOC(=O)N1CCc2c([nH]c3ccc(Cl)cc23)C1c1ccc(OCCCCCCn2cncn2)cc1. The number of unbranched alkanes of at least 4 members (excludes halogenated alkanes) is 6. The average Bonchev–Trinajstić information content (AvgIpc) is 4.43. The van der Waals surface area contributed by atoms with Crippen LogP contribution in [0, 0.1) is 0 Å². The van der Waals surface area contributed by atoms with Crippen LogP contribution >= 0.6 is 23.2 Å². The van der Waals surface area contributed by atoms with Crippen LogP contribution in [0.15, 0.2) is 116 Å². The number of methoxy groups -OCH3 is 2. The second-order valence-electron chi connectivity index (χ2n) is 19.4. The molecule has 2 amide bonds. The highest BCUT2D eigenvalue weighted by atomic mass is 35.5. The fraction of sp³-hybridized carbons (Fsp3) is 0.407. The molecule has 0 radical (unpaired) electrons. The first-order chi connectivity index (χ1) is 38.3. The summed E-state index contributed by atoms with van der Waals surface area (Å²) in [7, 11) is 3.18. The van der Waals surface area contributed by atoms with E-state index in [1.54, 1.807) is 36.7 Å². The molecule has 0 saturated heterocycles. The largest absolute Gasteiger partial charge is 0.494 e. The predicted octanol–water partition coefficient (Wildman–Crippen LogP) is 12.2. The van der Waals surface area contributed by atoms with Crippen LogP contribution in [0.4, 0.5) is 9.59 Å². The van der Waals surface area contributed by atoms with Crippen LogP contribution in [0.5, 0.6) is 11.5 Å². The lowest BCUT2D eigenvalue weighted by molar-refractivity contribution is 0.0626. The topological polar surface area (TPSA) is 176 Å². The summed E-state index contributed by atoms with van der Waals surface area (Å²) in [4.78, 5) is 44.9. The first-order valence-corrected chi connectivity index (χ1v) is 27.7. The highest BCUT2D eigenvalue weighted by Gasteiger charge is 2.37. The van der Waals surface area contributed by atoms with Gasteiger partial charge in [-0.3, -0.25) is 14.5 Å². The Hall–Kier alpha value is -7.05. The third-order valence-corrected chi connectivity index (χ3v) is 14.7. The van der Waals surface area contributed by atoms with Crippen LogP contribution in [0.3, 0.4) is 0 Å². The highest BCUT2D eigenvalue weighted by Crippen LogP contribution is 2.42. The van der Waals surface area contributed by atoms with Gasteiger partial charge in [-0.1, -0.05) is 66.7 Å². The summed E-state index contributed by atoms with van der Waals surface area (Å²) in [5.74, 6) is 1.64. The van der Waals surface area contributed by atoms with Crippen LogP contribution in [0.2, 0.25) is 10.0 Å². The number of carbonyl (C=O) groups is 2. The summed E-state index contributed by atoms with van der Waals surface area (Å²) in [5, 5.41) is 7.71. The van der Waals surface area contributed by atoms with Gasteiger partial charge >= 0.3 is 12.2 Å². The molecule has 0 aliphatic carbocycles. The van der Waals surface area contributed by atoms with Gasteiger partial charge in [0.25, 0.3) is 0 Å². The molecule has 2 aliphatic heterocycles. The number of hydrogen-bond acceptors (Lipinski definition) is 11. The quantitative estimate of drug-likeness (QED) is 0.0551. The van der Waals surface area contributed by atoms with Gasteiger partial charge < -0.3 is 43.0 Å². The molecule has 2 N–H and O–H groups in total. The van der Waals surface area contributed by atoms with Crippen LogP contribution in [0.1, 0.15) is 97.1 Å². The van der Waals surface area contributed by atoms with E-state index in [1.165, 1.54) is 11.1 Å². The molecule has 2 atom stereocenters. The molecule has 78 heavy (non-hydrogen) atoms. The van der Waals surface area contributed by atoms with Crippen molar-refractivity contribution in [1.82, 2.24) is 44.1 Å². The number of fused-ring (bicyclic) bond motifs is 6. The fourth-order valence-electron chi connectivity index (χ4n) is 10.3. The van der Waals surface area contributed by atoms with Crippen LogP contribution in [-0.4, -0.2) is 123 Å². The van der Waals surface area contributed by atoms with Crippen molar-refractivity contribution in [3.63, 3.8) is 0 Å². The van der Waals surface area contributed by atoms with E-state index in [1.807, 2.05) is 108 Å². The lowest BCUT2D eigenvalue weighted by Crippen LogP contribution is -2.41. The van der Waals surface area contributed by atoms with Gasteiger partial charge in [-0.05, 0) is 128 Å². The number of aromatic nitrogens is 7. The molecule has 2 unspecified atom stereocenters. The minimum atomic E-state index is -0.358. The molecule has 8 aromatic rings. The van der Waals surface area contributed by atoms with Crippen molar-refractivity contribution < 1.29 is 38.0 Å². The van der Waals surface area contributed by atoms with Crippen LogP contribution in [-0.2, 0) is 44.9 Å². The number of benzene rings is 4.